The highest BCUT2D eigenvalue weighted by Gasteiger charge is 2.33. The number of rotatable bonds is 7. The highest BCUT2D eigenvalue weighted by atomic mass is 16.4. The highest BCUT2D eigenvalue weighted by molar-refractivity contribution is 5.70. The van der Waals surface area contributed by atoms with Gasteiger partial charge < -0.3 is 10.0 Å². The molecule has 20 heavy (non-hydrogen) atoms. The van der Waals surface area contributed by atoms with Crippen LogP contribution in [0.1, 0.15) is 46.0 Å². The standard InChI is InChI=1S/C16H32N2O2/c1-13(2)12-18(11-10-17(3)4)15-9-7-5-6-8-14(15)16(19)20/h13-15H,5-12H2,1-4H3,(H,19,20). The number of hydrogen-bond donors (Lipinski definition) is 1. The molecule has 0 spiro atoms. The third-order valence-electron chi connectivity index (χ3n) is 4.20. The third kappa shape index (κ3) is 5.80. The van der Waals surface area contributed by atoms with Crippen LogP contribution in [0.5, 0.6) is 0 Å². The Hall–Kier alpha value is -0.610. The Bertz CT molecular complexity index is 292. The SMILES string of the molecule is CC(C)CN(CCN(C)C)C1CCCCCC1C(=O)O. The normalized spacial score (nSPS) is 24.4. The molecule has 0 aromatic carbocycles. The van der Waals surface area contributed by atoms with Gasteiger partial charge in [-0.15, -0.1) is 0 Å². The quantitative estimate of drug-likeness (QED) is 0.730. The fourth-order valence-electron chi connectivity index (χ4n) is 3.20. The van der Waals surface area contributed by atoms with Crippen molar-refractivity contribution in [2.24, 2.45) is 11.8 Å². The van der Waals surface area contributed by atoms with Crippen molar-refractivity contribution in [1.29, 1.82) is 0 Å². The summed E-state index contributed by atoms with van der Waals surface area (Å²) in [5.74, 6) is -0.205. The van der Waals surface area contributed by atoms with Crippen molar-refractivity contribution in [3.8, 4) is 0 Å². The van der Waals surface area contributed by atoms with Gasteiger partial charge in [0.25, 0.3) is 0 Å². The maximum atomic E-state index is 11.6. The molecule has 1 aliphatic rings. The summed E-state index contributed by atoms with van der Waals surface area (Å²) in [6.07, 6.45) is 5.30. The maximum Gasteiger partial charge on any atom is 0.308 e. The first-order valence-corrected chi connectivity index (χ1v) is 8.03. The van der Waals surface area contributed by atoms with Crippen molar-refractivity contribution in [2.75, 3.05) is 33.7 Å². The molecule has 0 bridgehead atoms. The Morgan fingerprint density at radius 2 is 1.80 bits per heavy atom. The summed E-state index contributed by atoms with van der Waals surface area (Å²) in [5, 5.41) is 9.56. The van der Waals surface area contributed by atoms with E-state index in [4.69, 9.17) is 0 Å². The van der Waals surface area contributed by atoms with E-state index in [1.54, 1.807) is 0 Å². The summed E-state index contributed by atoms with van der Waals surface area (Å²) >= 11 is 0. The van der Waals surface area contributed by atoms with E-state index in [1.807, 2.05) is 0 Å². The zero-order valence-corrected chi connectivity index (χ0v) is 13.6. The Morgan fingerprint density at radius 3 is 2.35 bits per heavy atom. The Kier molecular flexibility index (Phi) is 7.52. The third-order valence-corrected chi connectivity index (χ3v) is 4.20. The Morgan fingerprint density at radius 1 is 1.15 bits per heavy atom. The summed E-state index contributed by atoms with van der Waals surface area (Å²) in [6.45, 7) is 7.40. The van der Waals surface area contributed by atoms with Crippen LogP contribution in [0.3, 0.4) is 0 Å². The molecule has 0 aromatic rings. The minimum absolute atomic E-state index is 0.182. The lowest BCUT2D eigenvalue weighted by Crippen LogP contribution is -2.47. The minimum atomic E-state index is -0.601. The zero-order chi connectivity index (χ0) is 15.1. The second-order valence-electron chi connectivity index (χ2n) is 6.84. The molecule has 118 valence electrons. The van der Waals surface area contributed by atoms with Crippen LogP contribution in [0.4, 0.5) is 0 Å². The van der Waals surface area contributed by atoms with Gasteiger partial charge in [0.15, 0.2) is 0 Å². The summed E-state index contributed by atoms with van der Waals surface area (Å²) in [6, 6.07) is 0.220. The predicted molar refractivity (Wildman–Crippen MR) is 83.0 cm³/mol. The number of carboxylic acid groups (broad SMARTS) is 1. The van der Waals surface area contributed by atoms with E-state index in [0.29, 0.717) is 5.92 Å². The lowest BCUT2D eigenvalue weighted by molar-refractivity contribution is -0.144. The summed E-state index contributed by atoms with van der Waals surface area (Å²) in [5.41, 5.74) is 0. The second kappa shape index (κ2) is 8.63. The van der Waals surface area contributed by atoms with Crippen molar-refractivity contribution >= 4 is 5.97 Å². The van der Waals surface area contributed by atoms with Gasteiger partial charge in [-0.1, -0.05) is 33.1 Å². The topological polar surface area (TPSA) is 43.8 Å². The van der Waals surface area contributed by atoms with Gasteiger partial charge in [0, 0.05) is 25.7 Å². The average molecular weight is 284 g/mol. The molecular weight excluding hydrogens is 252 g/mol. The van der Waals surface area contributed by atoms with Crippen molar-refractivity contribution in [2.45, 2.75) is 52.0 Å². The Labute approximate surface area is 124 Å². The molecule has 4 nitrogen and oxygen atoms in total. The van der Waals surface area contributed by atoms with Crippen LogP contribution >= 0.6 is 0 Å². The molecule has 1 saturated carbocycles. The first-order chi connectivity index (χ1) is 9.41. The lowest BCUT2D eigenvalue weighted by atomic mass is 9.92. The van der Waals surface area contributed by atoms with Gasteiger partial charge in [-0.05, 0) is 32.9 Å². The van der Waals surface area contributed by atoms with E-state index in [2.05, 4.69) is 37.7 Å². The van der Waals surface area contributed by atoms with Crippen molar-refractivity contribution in [3.05, 3.63) is 0 Å². The molecule has 0 heterocycles. The van der Waals surface area contributed by atoms with Gasteiger partial charge in [0.2, 0.25) is 0 Å². The second-order valence-corrected chi connectivity index (χ2v) is 6.84. The monoisotopic (exact) mass is 284 g/mol. The van der Waals surface area contributed by atoms with Gasteiger partial charge in [-0.2, -0.15) is 0 Å². The smallest absolute Gasteiger partial charge is 0.308 e. The summed E-state index contributed by atoms with van der Waals surface area (Å²) < 4.78 is 0. The van der Waals surface area contributed by atoms with Crippen LogP contribution in [0.15, 0.2) is 0 Å². The molecule has 0 amide bonds. The van der Waals surface area contributed by atoms with Gasteiger partial charge >= 0.3 is 5.97 Å². The van der Waals surface area contributed by atoms with Crippen LogP contribution < -0.4 is 0 Å². The number of nitrogens with zero attached hydrogens (tertiary/aromatic N) is 2. The first kappa shape index (κ1) is 17.4. The van der Waals surface area contributed by atoms with Crippen molar-refractivity contribution < 1.29 is 9.90 Å². The summed E-state index contributed by atoms with van der Waals surface area (Å²) in [4.78, 5) is 16.2. The first-order valence-electron chi connectivity index (χ1n) is 8.03. The van der Waals surface area contributed by atoms with E-state index in [9.17, 15) is 9.90 Å². The minimum Gasteiger partial charge on any atom is -0.481 e. The molecule has 1 aliphatic carbocycles. The van der Waals surface area contributed by atoms with Gasteiger partial charge in [-0.25, -0.2) is 0 Å². The number of hydrogen-bond acceptors (Lipinski definition) is 3. The van der Waals surface area contributed by atoms with Crippen molar-refractivity contribution in [1.82, 2.24) is 9.80 Å². The molecule has 0 aromatic heterocycles. The number of carboxylic acids is 1. The van der Waals surface area contributed by atoms with Gasteiger partial charge in [0.1, 0.15) is 0 Å². The average Bonchev–Trinajstić information content (AvgIpc) is 2.59. The van der Waals surface area contributed by atoms with Crippen molar-refractivity contribution in [3.63, 3.8) is 0 Å². The molecular formula is C16H32N2O2. The predicted octanol–water partition coefficient (Wildman–Crippen LogP) is 2.54. The molecule has 4 heteroatoms. The van der Waals surface area contributed by atoms with Crippen LogP contribution in [0.25, 0.3) is 0 Å². The van der Waals surface area contributed by atoms with E-state index in [0.717, 1.165) is 38.9 Å². The molecule has 1 N–H and O–H groups in total. The van der Waals surface area contributed by atoms with E-state index in [-0.39, 0.29) is 12.0 Å². The fourth-order valence-corrected chi connectivity index (χ4v) is 3.20. The van der Waals surface area contributed by atoms with Gasteiger partial charge in [0.05, 0.1) is 5.92 Å². The largest absolute Gasteiger partial charge is 0.481 e. The molecule has 0 aliphatic heterocycles. The maximum absolute atomic E-state index is 11.6. The van der Waals surface area contributed by atoms with E-state index < -0.39 is 5.97 Å². The van der Waals surface area contributed by atoms with Gasteiger partial charge in [-0.3, -0.25) is 9.69 Å². The molecule has 1 fully saturated rings. The van der Waals surface area contributed by atoms with E-state index >= 15 is 0 Å². The molecule has 0 radical (unpaired) electrons. The number of aliphatic carboxylic acids is 1. The molecule has 1 rings (SSSR count). The lowest BCUT2D eigenvalue weighted by Gasteiger charge is -2.36. The molecule has 0 saturated heterocycles. The molecule has 2 unspecified atom stereocenters. The van der Waals surface area contributed by atoms with E-state index in [1.165, 1.54) is 12.8 Å². The van der Waals surface area contributed by atoms with Crippen LogP contribution in [-0.4, -0.2) is 60.6 Å². The Balaban J connectivity index is 2.79. The fraction of sp³-hybridized carbons (Fsp3) is 0.938. The highest BCUT2D eigenvalue weighted by Crippen LogP contribution is 2.28. The summed E-state index contributed by atoms with van der Waals surface area (Å²) in [7, 11) is 4.16. The van der Waals surface area contributed by atoms with Crippen LogP contribution in [0, 0.1) is 11.8 Å². The van der Waals surface area contributed by atoms with Crippen LogP contribution in [0.2, 0.25) is 0 Å². The molecule has 2 atom stereocenters. The number of likely N-dealkylation sites (N-methyl/N-ethyl adjacent to an activating group) is 1. The number of carbonyl (C=O) groups is 1. The zero-order valence-electron chi connectivity index (χ0n) is 13.6. The van der Waals surface area contributed by atoms with Crippen LogP contribution in [-0.2, 0) is 4.79 Å².